The van der Waals surface area contributed by atoms with Crippen LogP contribution in [-0.4, -0.2) is 25.2 Å². The number of nitrogens with two attached hydrogens (primary N) is 1. The van der Waals surface area contributed by atoms with E-state index >= 15 is 0 Å². The number of ether oxygens (including phenoxy) is 1. The highest BCUT2D eigenvalue weighted by Crippen LogP contribution is 2.44. The first kappa shape index (κ1) is 21.2. The average molecular weight is 425 g/mol. The summed E-state index contributed by atoms with van der Waals surface area (Å²) in [6, 6.07) is 23.3. The van der Waals surface area contributed by atoms with Gasteiger partial charge in [-0.25, -0.2) is 10.6 Å². The quantitative estimate of drug-likeness (QED) is 0.192. The van der Waals surface area contributed by atoms with Gasteiger partial charge in [0.25, 0.3) is 5.91 Å². The molecule has 0 radical (unpaired) electrons. The number of hydrazine groups is 1. The van der Waals surface area contributed by atoms with Crippen molar-refractivity contribution in [2.24, 2.45) is 5.84 Å². The van der Waals surface area contributed by atoms with Crippen LogP contribution in [0.3, 0.4) is 0 Å². The number of nitrogen functional groups attached to an aromatic ring is 1. The lowest BCUT2D eigenvalue weighted by molar-refractivity contribution is 0.0953. The molecule has 0 fully saturated rings. The summed E-state index contributed by atoms with van der Waals surface area (Å²) >= 11 is 0. The molecule has 0 aliphatic heterocycles. The fourth-order valence-corrected chi connectivity index (χ4v) is 3.86. The first-order valence-electron chi connectivity index (χ1n) is 10.4. The van der Waals surface area contributed by atoms with Crippen molar-refractivity contribution in [1.82, 2.24) is 10.7 Å². The van der Waals surface area contributed by atoms with Gasteiger partial charge in [0.15, 0.2) is 0 Å². The normalized spacial score (nSPS) is 11.5. The van der Waals surface area contributed by atoms with Crippen LogP contribution in [0.1, 0.15) is 39.4 Å². The molecule has 1 aliphatic rings. The summed E-state index contributed by atoms with van der Waals surface area (Å²) in [4.78, 5) is 23.7. The van der Waals surface area contributed by atoms with Crippen LogP contribution >= 0.6 is 0 Å². The SMILES string of the molecule is NNC(=O)c1cccc(C#CCCNC(=O)OCC2c3ccccc3-c3ccccc32)c1. The second kappa shape index (κ2) is 9.82. The van der Waals surface area contributed by atoms with Gasteiger partial charge in [0.05, 0.1) is 0 Å². The minimum absolute atomic E-state index is 0.0333. The number of rotatable bonds is 5. The van der Waals surface area contributed by atoms with Gasteiger partial charge in [-0.15, -0.1) is 0 Å². The molecule has 32 heavy (non-hydrogen) atoms. The molecule has 0 heterocycles. The highest BCUT2D eigenvalue weighted by molar-refractivity contribution is 5.94. The number of hydrogen-bond acceptors (Lipinski definition) is 4. The van der Waals surface area contributed by atoms with Crippen molar-refractivity contribution in [3.05, 3.63) is 95.1 Å². The Morgan fingerprint density at radius 2 is 1.62 bits per heavy atom. The lowest BCUT2D eigenvalue weighted by atomic mass is 9.98. The van der Waals surface area contributed by atoms with Gasteiger partial charge in [0, 0.05) is 30.0 Å². The lowest BCUT2D eigenvalue weighted by Crippen LogP contribution is -2.29. The number of nitrogens with one attached hydrogen (secondary N) is 2. The number of fused-ring (bicyclic) bond motifs is 3. The molecule has 4 N–H and O–H groups in total. The maximum Gasteiger partial charge on any atom is 0.407 e. The van der Waals surface area contributed by atoms with E-state index in [0.29, 0.717) is 24.1 Å². The molecule has 6 heteroatoms. The van der Waals surface area contributed by atoms with Crippen LogP contribution in [0.15, 0.2) is 72.8 Å². The Balaban J connectivity index is 1.27. The Morgan fingerprint density at radius 1 is 0.938 bits per heavy atom. The molecule has 4 rings (SSSR count). The van der Waals surface area contributed by atoms with E-state index in [0.717, 1.165) is 0 Å². The minimum Gasteiger partial charge on any atom is -0.449 e. The number of benzene rings is 3. The monoisotopic (exact) mass is 425 g/mol. The number of carbonyl (C=O) groups is 2. The molecule has 0 spiro atoms. The Hall–Kier alpha value is -4.08. The van der Waals surface area contributed by atoms with Gasteiger partial charge in [-0.2, -0.15) is 0 Å². The Bertz CT molecular complexity index is 1160. The van der Waals surface area contributed by atoms with Gasteiger partial charge in [-0.3, -0.25) is 10.2 Å². The highest BCUT2D eigenvalue weighted by atomic mass is 16.5. The zero-order valence-electron chi connectivity index (χ0n) is 17.4. The van der Waals surface area contributed by atoms with Crippen LogP contribution in [0.2, 0.25) is 0 Å². The molecule has 0 atom stereocenters. The first-order valence-corrected chi connectivity index (χ1v) is 10.4. The summed E-state index contributed by atoms with van der Waals surface area (Å²) < 4.78 is 5.50. The Morgan fingerprint density at radius 3 is 2.31 bits per heavy atom. The predicted octanol–water partition coefficient (Wildman–Crippen LogP) is 3.57. The lowest BCUT2D eigenvalue weighted by Gasteiger charge is -2.14. The zero-order valence-corrected chi connectivity index (χ0v) is 17.4. The maximum absolute atomic E-state index is 12.2. The van der Waals surface area contributed by atoms with E-state index in [1.807, 2.05) is 24.3 Å². The molecule has 2 amide bonds. The third kappa shape index (κ3) is 4.64. The van der Waals surface area contributed by atoms with Crippen molar-refractivity contribution in [3.8, 4) is 23.0 Å². The van der Waals surface area contributed by atoms with Gasteiger partial charge in [-0.05, 0) is 40.5 Å². The van der Waals surface area contributed by atoms with Crippen molar-refractivity contribution in [2.45, 2.75) is 12.3 Å². The van der Waals surface area contributed by atoms with E-state index in [1.54, 1.807) is 24.3 Å². The van der Waals surface area contributed by atoms with Crippen LogP contribution in [0.5, 0.6) is 0 Å². The second-order valence-electron chi connectivity index (χ2n) is 7.36. The molecule has 0 saturated carbocycles. The topological polar surface area (TPSA) is 93.5 Å². The molecule has 0 saturated heterocycles. The summed E-state index contributed by atoms with van der Waals surface area (Å²) in [6.45, 7) is 0.647. The summed E-state index contributed by atoms with van der Waals surface area (Å²) in [5.74, 6) is 10.8. The van der Waals surface area contributed by atoms with Crippen LogP contribution in [-0.2, 0) is 4.74 Å². The van der Waals surface area contributed by atoms with Crippen LogP contribution in [0.25, 0.3) is 11.1 Å². The summed E-state index contributed by atoms with van der Waals surface area (Å²) in [6.07, 6.45) is -0.00685. The summed E-state index contributed by atoms with van der Waals surface area (Å²) in [7, 11) is 0. The van der Waals surface area contributed by atoms with Crippen molar-refractivity contribution in [1.29, 1.82) is 0 Å². The number of hydrogen-bond donors (Lipinski definition) is 3. The van der Waals surface area contributed by atoms with E-state index in [1.165, 1.54) is 22.3 Å². The summed E-state index contributed by atoms with van der Waals surface area (Å²) in [5, 5.41) is 2.74. The van der Waals surface area contributed by atoms with Crippen molar-refractivity contribution in [2.75, 3.05) is 13.2 Å². The predicted molar refractivity (Wildman–Crippen MR) is 123 cm³/mol. The maximum atomic E-state index is 12.2. The third-order valence-corrected chi connectivity index (χ3v) is 5.35. The third-order valence-electron chi connectivity index (χ3n) is 5.35. The fourth-order valence-electron chi connectivity index (χ4n) is 3.86. The smallest absolute Gasteiger partial charge is 0.407 e. The molecule has 160 valence electrons. The molecular weight excluding hydrogens is 402 g/mol. The molecule has 0 aromatic heterocycles. The van der Waals surface area contributed by atoms with Crippen LogP contribution < -0.4 is 16.6 Å². The number of amides is 2. The molecule has 6 nitrogen and oxygen atoms in total. The van der Waals surface area contributed by atoms with Gasteiger partial charge in [-0.1, -0.05) is 66.4 Å². The molecule has 3 aromatic carbocycles. The van der Waals surface area contributed by atoms with E-state index < -0.39 is 6.09 Å². The summed E-state index contributed by atoms with van der Waals surface area (Å²) in [5.41, 5.74) is 7.98. The second-order valence-corrected chi connectivity index (χ2v) is 7.36. The molecule has 0 unspecified atom stereocenters. The van der Waals surface area contributed by atoms with Crippen molar-refractivity contribution >= 4 is 12.0 Å². The fraction of sp³-hybridized carbons (Fsp3) is 0.154. The first-order chi connectivity index (χ1) is 15.7. The molecule has 1 aliphatic carbocycles. The molecule has 0 bridgehead atoms. The standard InChI is InChI=1S/C26H23N3O3/c27-29-25(30)19-10-7-9-18(16-19)8-5-6-15-28-26(31)32-17-24-22-13-3-1-11-20(22)21-12-2-4-14-23(21)24/h1-4,7,9-14,16,24H,6,15,17,27H2,(H,28,31)(H,29,30). The zero-order chi connectivity index (χ0) is 22.3. The van der Waals surface area contributed by atoms with Gasteiger partial charge in [0.2, 0.25) is 0 Å². The van der Waals surface area contributed by atoms with Crippen LogP contribution in [0.4, 0.5) is 4.79 Å². The largest absolute Gasteiger partial charge is 0.449 e. The Labute approximate surface area is 186 Å². The van der Waals surface area contributed by atoms with E-state index in [4.69, 9.17) is 10.6 Å². The molecular formula is C26H23N3O3. The average Bonchev–Trinajstić information content (AvgIpc) is 3.16. The highest BCUT2D eigenvalue weighted by Gasteiger charge is 2.28. The van der Waals surface area contributed by atoms with Crippen molar-refractivity contribution < 1.29 is 14.3 Å². The van der Waals surface area contributed by atoms with Gasteiger partial charge < -0.3 is 10.1 Å². The Kier molecular flexibility index (Phi) is 6.49. The minimum atomic E-state index is -0.463. The van der Waals surface area contributed by atoms with E-state index in [9.17, 15) is 9.59 Å². The van der Waals surface area contributed by atoms with Gasteiger partial charge >= 0.3 is 6.09 Å². The number of alkyl carbamates (subject to hydrolysis) is 1. The van der Waals surface area contributed by atoms with Crippen molar-refractivity contribution in [3.63, 3.8) is 0 Å². The van der Waals surface area contributed by atoms with Gasteiger partial charge in [0.1, 0.15) is 6.61 Å². The van der Waals surface area contributed by atoms with Crippen LogP contribution in [0, 0.1) is 11.8 Å². The molecule has 3 aromatic rings. The van der Waals surface area contributed by atoms with E-state index in [2.05, 4.69) is 46.8 Å². The van der Waals surface area contributed by atoms with E-state index in [-0.39, 0.29) is 18.4 Å². The number of carbonyl (C=O) groups excluding carboxylic acids is 2.